The third-order valence-electron chi connectivity index (χ3n) is 2.85. The zero-order chi connectivity index (χ0) is 15.8. The summed E-state index contributed by atoms with van der Waals surface area (Å²) >= 11 is 0. The van der Waals surface area contributed by atoms with Crippen molar-refractivity contribution in [3.8, 4) is 0 Å². The molecule has 0 aliphatic carbocycles. The van der Waals surface area contributed by atoms with Crippen molar-refractivity contribution in [1.82, 2.24) is 10.6 Å². The highest BCUT2D eigenvalue weighted by molar-refractivity contribution is 5.75. The molecule has 116 valence electrons. The summed E-state index contributed by atoms with van der Waals surface area (Å²) in [5.74, 6) is -2.43. The second kappa shape index (κ2) is 8.18. The normalized spacial score (nSPS) is 11.8. The maximum Gasteiger partial charge on any atom is 0.315 e. The molecule has 7 heteroatoms. The van der Waals surface area contributed by atoms with E-state index in [9.17, 15) is 18.4 Å². The molecule has 0 bridgehead atoms. The van der Waals surface area contributed by atoms with Crippen LogP contribution in [0.25, 0.3) is 0 Å². The van der Waals surface area contributed by atoms with Crippen molar-refractivity contribution in [3.05, 3.63) is 35.4 Å². The van der Waals surface area contributed by atoms with Crippen molar-refractivity contribution in [3.63, 3.8) is 0 Å². The van der Waals surface area contributed by atoms with E-state index in [0.717, 1.165) is 12.1 Å². The molecule has 1 rings (SSSR count). The number of aliphatic carboxylic acids is 1. The van der Waals surface area contributed by atoms with E-state index in [2.05, 4.69) is 10.6 Å². The summed E-state index contributed by atoms with van der Waals surface area (Å²) in [4.78, 5) is 22.0. The summed E-state index contributed by atoms with van der Waals surface area (Å²) in [6.45, 7) is 1.85. The van der Waals surface area contributed by atoms with Crippen LogP contribution in [0.4, 0.5) is 13.6 Å². The Morgan fingerprint density at radius 1 is 1.33 bits per heavy atom. The van der Waals surface area contributed by atoms with Gasteiger partial charge in [-0.25, -0.2) is 13.6 Å². The SMILES string of the molecule is CCCC(NC(=O)NCCC(=O)O)c1ccc(F)cc1F. The number of halogens is 2. The number of urea groups is 1. The summed E-state index contributed by atoms with van der Waals surface area (Å²) in [5.41, 5.74) is 0.201. The molecule has 5 nitrogen and oxygen atoms in total. The largest absolute Gasteiger partial charge is 0.481 e. The number of nitrogens with one attached hydrogen (secondary N) is 2. The van der Waals surface area contributed by atoms with Gasteiger partial charge in [0, 0.05) is 18.2 Å². The lowest BCUT2D eigenvalue weighted by molar-refractivity contribution is -0.136. The van der Waals surface area contributed by atoms with Gasteiger partial charge in [-0.3, -0.25) is 4.79 Å². The Labute approximate surface area is 121 Å². The molecular weight excluding hydrogens is 282 g/mol. The summed E-state index contributed by atoms with van der Waals surface area (Å²) in [7, 11) is 0. The van der Waals surface area contributed by atoms with Crippen LogP contribution in [0.1, 0.15) is 37.8 Å². The third-order valence-corrected chi connectivity index (χ3v) is 2.85. The van der Waals surface area contributed by atoms with Gasteiger partial charge in [0.05, 0.1) is 12.5 Å². The van der Waals surface area contributed by atoms with E-state index in [-0.39, 0.29) is 18.5 Å². The van der Waals surface area contributed by atoms with Gasteiger partial charge in [-0.15, -0.1) is 0 Å². The van der Waals surface area contributed by atoms with Crippen molar-refractivity contribution in [1.29, 1.82) is 0 Å². The van der Waals surface area contributed by atoms with Gasteiger partial charge in [-0.1, -0.05) is 19.4 Å². The number of carboxylic acid groups (broad SMARTS) is 1. The van der Waals surface area contributed by atoms with Gasteiger partial charge in [0.2, 0.25) is 0 Å². The van der Waals surface area contributed by atoms with Crippen molar-refractivity contribution < 1.29 is 23.5 Å². The van der Waals surface area contributed by atoms with Crippen molar-refractivity contribution >= 4 is 12.0 Å². The Balaban J connectivity index is 2.68. The number of amides is 2. The highest BCUT2D eigenvalue weighted by atomic mass is 19.1. The smallest absolute Gasteiger partial charge is 0.315 e. The Kier molecular flexibility index (Phi) is 6.58. The van der Waals surface area contributed by atoms with E-state index in [1.807, 2.05) is 6.92 Å². The van der Waals surface area contributed by atoms with Gasteiger partial charge in [-0.2, -0.15) is 0 Å². The Bertz CT molecular complexity index is 509. The molecule has 2 amide bonds. The van der Waals surface area contributed by atoms with E-state index >= 15 is 0 Å². The molecule has 0 saturated heterocycles. The number of hydrogen-bond acceptors (Lipinski definition) is 2. The maximum absolute atomic E-state index is 13.7. The summed E-state index contributed by atoms with van der Waals surface area (Å²) in [6.07, 6.45) is 0.975. The number of carboxylic acids is 1. The van der Waals surface area contributed by atoms with E-state index in [4.69, 9.17) is 5.11 Å². The molecule has 0 aliphatic rings. The van der Waals surface area contributed by atoms with Crippen molar-refractivity contribution in [2.24, 2.45) is 0 Å². The minimum atomic E-state index is -1.02. The van der Waals surface area contributed by atoms with Crippen LogP contribution >= 0.6 is 0 Å². The molecule has 3 N–H and O–H groups in total. The van der Waals surface area contributed by atoms with Crippen LogP contribution in [0.2, 0.25) is 0 Å². The predicted molar refractivity (Wildman–Crippen MR) is 72.8 cm³/mol. The molecule has 21 heavy (non-hydrogen) atoms. The molecule has 0 aliphatic heterocycles. The molecule has 0 heterocycles. The lowest BCUT2D eigenvalue weighted by atomic mass is 10.0. The maximum atomic E-state index is 13.7. The molecule has 0 spiro atoms. The second-order valence-corrected chi connectivity index (χ2v) is 4.55. The van der Waals surface area contributed by atoms with Crippen molar-refractivity contribution in [2.45, 2.75) is 32.2 Å². The minimum absolute atomic E-state index is 0.0219. The molecule has 0 aromatic heterocycles. The summed E-state index contributed by atoms with van der Waals surface area (Å²) < 4.78 is 26.6. The Morgan fingerprint density at radius 2 is 2.05 bits per heavy atom. The van der Waals surface area contributed by atoms with E-state index < -0.39 is 29.7 Å². The standard InChI is InChI=1S/C14H18F2N2O3/c1-2-3-12(10-5-4-9(15)8-11(10)16)18-14(21)17-7-6-13(19)20/h4-5,8,12H,2-3,6-7H2,1H3,(H,19,20)(H2,17,18,21). The monoisotopic (exact) mass is 300 g/mol. The first kappa shape index (κ1) is 16.9. The quantitative estimate of drug-likeness (QED) is 0.724. The van der Waals surface area contributed by atoms with Crippen molar-refractivity contribution in [2.75, 3.05) is 6.54 Å². The molecule has 1 aromatic carbocycles. The van der Waals surface area contributed by atoms with Gasteiger partial charge in [0.15, 0.2) is 0 Å². The molecule has 1 unspecified atom stereocenters. The number of carbonyl (C=O) groups is 2. The highest BCUT2D eigenvalue weighted by Crippen LogP contribution is 2.22. The molecule has 1 aromatic rings. The van der Waals surface area contributed by atoms with Gasteiger partial charge in [0.25, 0.3) is 0 Å². The van der Waals surface area contributed by atoms with Crippen LogP contribution in [0.15, 0.2) is 18.2 Å². The van der Waals surface area contributed by atoms with Gasteiger partial charge in [-0.05, 0) is 12.5 Å². The van der Waals surface area contributed by atoms with Crippen LogP contribution in [0.5, 0.6) is 0 Å². The second-order valence-electron chi connectivity index (χ2n) is 4.55. The fourth-order valence-electron chi connectivity index (χ4n) is 1.87. The molecule has 0 radical (unpaired) electrons. The number of hydrogen-bond donors (Lipinski definition) is 3. The number of carbonyl (C=O) groups excluding carboxylic acids is 1. The fraction of sp³-hybridized carbons (Fsp3) is 0.429. The molecule has 0 saturated carbocycles. The highest BCUT2D eigenvalue weighted by Gasteiger charge is 2.17. The van der Waals surface area contributed by atoms with Crippen LogP contribution in [0, 0.1) is 11.6 Å². The lowest BCUT2D eigenvalue weighted by Gasteiger charge is -2.19. The van der Waals surface area contributed by atoms with Gasteiger partial charge >= 0.3 is 12.0 Å². The summed E-state index contributed by atoms with van der Waals surface area (Å²) in [6, 6.07) is 2.01. The first-order chi connectivity index (χ1) is 9.93. The van der Waals surface area contributed by atoms with Gasteiger partial charge in [0.1, 0.15) is 11.6 Å². The molecule has 1 atom stereocenters. The predicted octanol–water partition coefficient (Wildman–Crippen LogP) is 2.58. The van der Waals surface area contributed by atoms with Gasteiger partial charge < -0.3 is 15.7 Å². The first-order valence-electron chi connectivity index (χ1n) is 6.65. The summed E-state index contributed by atoms with van der Waals surface area (Å²) in [5, 5.41) is 13.4. The Hall–Kier alpha value is -2.18. The fourth-order valence-corrected chi connectivity index (χ4v) is 1.87. The zero-order valence-electron chi connectivity index (χ0n) is 11.7. The zero-order valence-corrected chi connectivity index (χ0v) is 11.7. The van der Waals surface area contributed by atoms with Crippen LogP contribution in [0.3, 0.4) is 0 Å². The topological polar surface area (TPSA) is 78.4 Å². The Morgan fingerprint density at radius 3 is 2.62 bits per heavy atom. The number of benzene rings is 1. The minimum Gasteiger partial charge on any atom is -0.481 e. The van der Waals surface area contributed by atoms with E-state index in [0.29, 0.717) is 12.8 Å². The lowest BCUT2D eigenvalue weighted by Crippen LogP contribution is -2.39. The van der Waals surface area contributed by atoms with Crippen LogP contribution < -0.4 is 10.6 Å². The number of rotatable bonds is 7. The van der Waals surface area contributed by atoms with E-state index in [1.54, 1.807) is 0 Å². The molecular formula is C14H18F2N2O3. The third kappa shape index (κ3) is 5.76. The first-order valence-corrected chi connectivity index (χ1v) is 6.65. The van der Waals surface area contributed by atoms with E-state index in [1.165, 1.54) is 6.07 Å². The average Bonchev–Trinajstić information content (AvgIpc) is 2.37. The average molecular weight is 300 g/mol. The van der Waals surface area contributed by atoms with Crippen LogP contribution in [-0.2, 0) is 4.79 Å². The molecule has 0 fully saturated rings. The van der Waals surface area contributed by atoms with Crippen LogP contribution in [-0.4, -0.2) is 23.7 Å².